The molecule has 1 saturated heterocycles. The molecule has 1 N–H and O–H groups in total. The van der Waals surface area contributed by atoms with Crippen molar-refractivity contribution in [3.63, 3.8) is 0 Å². The fraction of sp³-hybridized carbons (Fsp3) is 1.00. The summed E-state index contributed by atoms with van der Waals surface area (Å²) in [5.74, 6) is 1.10. The monoisotopic (exact) mass is 196 g/mol. The highest BCUT2D eigenvalue weighted by Crippen LogP contribution is 2.33. The van der Waals surface area contributed by atoms with Gasteiger partial charge < -0.3 is 10.2 Å². The molecule has 1 aliphatic carbocycles. The van der Waals surface area contributed by atoms with Crippen molar-refractivity contribution < 1.29 is 0 Å². The van der Waals surface area contributed by atoms with Gasteiger partial charge in [-0.05, 0) is 51.7 Å². The van der Waals surface area contributed by atoms with Crippen LogP contribution in [0.4, 0.5) is 0 Å². The fourth-order valence-corrected chi connectivity index (χ4v) is 2.43. The minimum Gasteiger partial charge on any atom is -0.315 e. The zero-order valence-corrected chi connectivity index (χ0v) is 9.47. The van der Waals surface area contributed by atoms with Crippen LogP contribution >= 0.6 is 0 Å². The predicted octanol–water partition coefficient (Wildman–Crippen LogP) is 1.86. The number of nitrogens with zero attached hydrogens (tertiary/aromatic N) is 1. The number of rotatable bonds is 6. The maximum atomic E-state index is 3.60. The Morgan fingerprint density at radius 3 is 2.79 bits per heavy atom. The smallest absolute Gasteiger partial charge is 0.0218 e. The van der Waals surface area contributed by atoms with Crippen LogP contribution in [-0.2, 0) is 0 Å². The molecule has 14 heavy (non-hydrogen) atoms. The number of likely N-dealkylation sites (tertiary alicyclic amines) is 1. The molecule has 1 saturated carbocycles. The van der Waals surface area contributed by atoms with E-state index in [9.17, 15) is 0 Å². The summed E-state index contributed by atoms with van der Waals surface area (Å²) in [6.45, 7) is 3.75. The van der Waals surface area contributed by atoms with Gasteiger partial charge in [-0.3, -0.25) is 0 Å². The van der Waals surface area contributed by atoms with Crippen molar-refractivity contribution in [3.05, 3.63) is 0 Å². The van der Waals surface area contributed by atoms with Gasteiger partial charge in [0.05, 0.1) is 0 Å². The molecule has 2 rings (SSSR count). The lowest BCUT2D eigenvalue weighted by Gasteiger charge is -2.19. The number of likely N-dealkylation sites (N-methyl/N-ethyl adjacent to an activating group) is 1. The molecule has 2 heteroatoms. The average Bonchev–Trinajstić information content (AvgIpc) is 2.91. The predicted molar refractivity (Wildman–Crippen MR) is 60.5 cm³/mol. The molecule has 0 radical (unpaired) electrons. The Labute approximate surface area is 88.1 Å². The van der Waals surface area contributed by atoms with Crippen LogP contribution in [0.5, 0.6) is 0 Å². The Kier molecular flexibility index (Phi) is 3.82. The summed E-state index contributed by atoms with van der Waals surface area (Å²) in [4.78, 5) is 2.49. The number of hydrogen-bond donors (Lipinski definition) is 1. The van der Waals surface area contributed by atoms with Crippen LogP contribution in [0.1, 0.15) is 38.5 Å². The molecule has 0 amide bonds. The molecule has 1 heterocycles. The van der Waals surface area contributed by atoms with Gasteiger partial charge in [-0.15, -0.1) is 0 Å². The number of hydrogen-bond acceptors (Lipinski definition) is 2. The van der Waals surface area contributed by atoms with E-state index in [0.717, 1.165) is 12.0 Å². The first kappa shape index (κ1) is 10.4. The first-order valence-electron chi connectivity index (χ1n) is 6.27. The van der Waals surface area contributed by atoms with Gasteiger partial charge in [-0.25, -0.2) is 0 Å². The van der Waals surface area contributed by atoms with Crippen molar-refractivity contribution in [1.29, 1.82) is 0 Å². The molecule has 1 aliphatic heterocycles. The lowest BCUT2D eigenvalue weighted by atomic mass is 10.2. The third-order valence-electron chi connectivity index (χ3n) is 3.71. The normalized spacial score (nSPS) is 28.5. The van der Waals surface area contributed by atoms with E-state index in [-0.39, 0.29) is 0 Å². The second-order valence-corrected chi connectivity index (χ2v) is 5.07. The van der Waals surface area contributed by atoms with Crippen molar-refractivity contribution in [3.8, 4) is 0 Å². The standard InChI is InChI=1S/C12H24N2/c1-14-9-3-5-12(14)10-13-8-2-4-11-6-7-11/h11-13H,2-10H2,1H3/t12-/m1/s1. The first-order chi connectivity index (χ1) is 6.86. The molecular formula is C12H24N2. The Balaban J connectivity index is 1.45. The van der Waals surface area contributed by atoms with Gasteiger partial charge in [0.1, 0.15) is 0 Å². The van der Waals surface area contributed by atoms with Crippen LogP contribution < -0.4 is 5.32 Å². The lowest BCUT2D eigenvalue weighted by Crippen LogP contribution is -2.35. The SMILES string of the molecule is CN1CCC[C@@H]1CNCCCC1CC1. The highest BCUT2D eigenvalue weighted by Gasteiger charge is 2.21. The molecule has 0 unspecified atom stereocenters. The quantitative estimate of drug-likeness (QED) is 0.652. The molecular weight excluding hydrogens is 172 g/mol. The van der Waals surface area contributed by atoms with Gasteiger partial charge in [0.2, 0.25) is 0 Å². The third-order valence-corrected chi connectivity index (χ3v) is 3.71. The van der Waals surface area contributed by atoms with Crippen molar-refractivity contribution >= 4 is 0 Å². The fourth-order valence-electron chi connectivity index (χ4n) is 2.43. The van der Waals surface area contributed by atoms with Gasteiger partial charge in [0.25, 0.3) is 0 Å². The van der Waals surface area contributed by atoms with Gasteiger partial charge in [-0.2, -0.15) is 0 Å². The van der Waals surface area contributed by atoms with Crippen LogP contribution in [-0.4, -0.2) is 37.6 Å². The summed E-state index contributed by atoms with van der Waals surface area (Å²) >= 11 is 0. The zero-order chi connectivity index (χ0) is 9.80. The van der Waals surface area contributed by atoms with E-state index in [2.05, 4.69) is 17.3 Å². The second kappa shape index (κ2) is 5.13. The minimum absolute atomic E-state index is 0.816. The summed E-state index contributed by atoms with van der Waals surface area (Å²) in [6, 6.07) is 0.816. The van der Waals surface area contributed by atoms with Crippen LogP contribution in [0.25, 0.3) is 0 Å². The van der Waals surface area contributed by atoms with E-state index in [0.29, 0.717) is 0 Å². The molecule has 2 fully saturated rings. The number of nitrogens with one attached hydrogen (secondary N) is 1. The van der Waals surface area contributed by atoms with Crippen molar-refractivity contribution in [2.75, 3.05) is 26.7 Å². The molecule has 0 aromatic rings. The van der Waals surface area contributed by atoms with Crippen LogP contribution in [0, 0.1) is 5.92 Å². The van der Waals surface area contributed by atoms with Crippen molar-refractivity contribution in [2.24, 2.45) is 5.92 Å². The molecule has 0 spiro atoms. The van der Waals surface area contributed by atoms with Gasteiger partial charge in [0, 0.05) is 12.6 Å². The Morgan fingerprint density at radius 2 is 2.14 bits per heavy atom. The summed E-state index contributed by atoms with van der Waals surface area (Å²) < 4.78 is 0. The van der Waals surface area contributed by atoms with E-state index >= 15 is 0 Å². The van der Waals surface area contributed by atoms with Gasteiger partial charge >= 0.3 is 0 Å². The Morgan fingerprint density at radius 1 is 1.29 bits per heavy atom. The maximum absolute atomic E-state index is 3.60. The van der Waals surface area contributed by atoms with Crippen LogP contribution in [0.2, 0.25) is 0 Å². The average molecular weight is 196 g/mol. The summed E-state index contributed by atoms with van der Waals surface area (Å²) in [5, 5.41) is 3.60. The highest BCUT2D eigenvalue weighted by atomic mass is 15.2. The van der Waals surface area contributed by atoms with Gasteiger partial charge in [-0.1, -0.05) is 12.8 Å². The third kappa shape index (κ3) is 3.25. The topological polar surface area (TPSA) is 15.3 Å². The molecule has 0 aromatic heterocycles. The van der Waals surface area contributed by atoms with Gasteiger partial charge in [0.15, 0.2) is 0 Å². The van der Waals surface area contributed by atoms with Crippen molar-refractivity contribution in [2.45, 2.75) is 44.6 Å². The lowest BCUT2D eigenvalue weighted by molar-refractivity contribution is 0.300. The maximum Gasteiger partial charge on any atom is 0.0218 e. The largest absolute Gasteiger partial charge is 0.315 e. The van der Waals surface area contributed by atoms with E-state index in [1.165, 1.54) is 58.2 Å². The van der Waals surface area contributed by atoms with Crippen LogP contribution in [0.15, 0.2) is 0 Å². The molecule has 0 aromatic carbocycles. The van der Waals surface area contributed by atoms with E-state index in [1.807, 2.05) is 0 Å². The second-order valence-electron chi connectivity index (χ2n) is 5.07. The molecule has 82 valence electrons. The summed E-state index contributed by atoms with van der Waals surface area (Å²) in [7, 11) is 2.25. The summed E-state index contributed by atoms with van der Waals surface area (Å²) in [6.07, 6.45) is 8.66. The molecule has 0 bridgehead atoms. The highest BCUT2D eigenvalue weighted by molar-refractivity contribution is 4.78. The Hall–Kier alpha value is -0.0800. The summed E-state index contributed by atoms with van der Waals surface area (Å²) in [5.41, 5.74) is 0. The first-order valence-corrected chi connectivity index (χ1v) is 6.27. The molecule has 2 aliphatic rings. The Bertz CT molecular complexity index is 166. The van der Waals surface area contributed by atoms with Crippen LogP contribution in [0.3, 0.4) is 0 Å². The van der Waals surface area contributed by atoms with E-state index < -0.39 is 0 Å². The zero-order valence-electron chi connectivity index (χ0n) is 9.47. The molecule has 1 atom stereocenters. The van der Waals surface area contributed by atoms with E-state index in [1.54, 1.807) is 0 Å². The van der Waals surface area contributed by atoms with Crippen molar-refractivity contribution in [1.82, 2.24) is 10.2 Å². The molecule has 2 nitrogen and oxygen atoms in total. The van der Waals surface area contributed by atoms with E-state index in [4.69, 9.17) is 0 Å². The minimum atomic E-state index is 0.816.